The average molecular weight is 286 g/mol. The zero-order valence-corrected chi connectivity index (χ0v) is 12.2. The summed E-state index contributed by atoms with van der Waals surface area (Å²) in [6.07, 6.45) is 1.72. The van der Waals surface area contributed by atoms with Crippen LogP contribution in [0.25, 0.3) is 11.0 Å². The molecule has 0 saturated heterocycles. The summed E-state index contributed by atoms with van der Waals surface area (Å²) < 4.78 is 9.51. The van der Waals surface area contributed by atoms with Crippen molar-refractivity contribution in [3.8, 4) is 5.75 Å². The molecule has 7 heteroatoms. The number of fused-ring (bicyclic) bond motifs is 1. The Balaban J connectivity index is 2.06. The number of imidazole rings is 1. The predicted octanol–water partition coefficient (Wildman–Crippen LogP) is 1.68. The summed E-state index contributed by atoms with van der Waals surface area (Å²) in [7, 11) is 0. The van der Waals surface area contributed by atoms with Crippen molar-refractivity contribution in [3.05, 3.63) is 30.4 Å². The number of ether oxygens (including phenoxy) is 1. The normalized spacial score (nSPS) is 11.1. The standard InChI is InChI=1S/C14H18N6O/c1-3-19-9-16-18-12(19)8-20-10-6-5-7-11(21-4-2)13(10)17-14(20)15/h5-7,9H,3-4,8H2,1-2H3,(H2,15,17). The lowest BCUT2D eigenvalue weighted by atomic mass is 10.3. The maximum Gasteiger partial charge on any atom is 0.201 e. The van der Waals surface area contributed by atoms with Crippen molar-refractivity contribution < 1.29 is 4.74 Å². The number of nitrogen functional groups attached to an aromatic ring is 1. The number of benzene rings is 1. The van der Waals surface area contributed by atoms with Crippen LogP contribution < -0.4 is 10.5 Å². The Morgan fingerprint density at radius 3 is 2.90 bits per heavy atom. The quantitative estimate of drug-likeness (QED) is 0.771. The molecule has 0 fully saturated rings. The van der Waals surface area contributed by atoms with Crippen molar-refractivity contribution in [2.24, 2.45) is 0 Å². The first kappa shape index (κ1) is 13.4. The summed E-state index contributed by atoms with van der Waals surface area (Å²) in [6, 6.07) is 5.82. The molecule has 0 aliphatic rings. The molecular weight excluding hydrogens is 268 g/mol. The number of hydrogen-bond donors (Lipinski definition) is 1. The van der Waals surface area contributed by atoms with Gasteiger partial charge in [0.25, 0.3) is 0 Å². The van der Waals surface area contributed by atoms with Crippen molar-refractivity contribution in [3.63, 3.8) is 0 Å². The molecule has 0 radical (unpaired) electrons. The van der Waals surface area contributed by atoms with Gasteiger partial charge in [-0.25, -0.2) is 4.98 Å². The van der Waals surface area contributed by atoms with Crippen LogP contribution in [0, 0.1) is 0 Å². The first-order chi connectivity index (χ1) is 10.2. The van der Waals surface area contributed by atoms with Gasteiger partial charge in [-0.1, -0.05) is 6.07 Å². The molecule has 2 N–H and O–H groups in total. The van der Waals surface area contributed by atoms with Crippen LogP contribution in [0.5, 0.6) is 5.75 Å². The number of para-hydroxylation sites is 1. The van der Waals surface area contributed by atoms with Crippen LogP contribution in [-0.4, -0.2) is 30.9 Å². The SMILES string of the molecule is CCOc1cccc2c1nc(N)n2Cc1nncn1CC. The molecule has 3 aromatic rings. The van der Waals surface area contributed by atoms with Crippen molar-refractivity contribution in [2.45, 2.75) is 26.9 Å². The number of rotatable bonds is 5. The summed E-state index contributed by atoms with van der Waals surface area (Å²) in [5, 5.41) is 8.09. The van der Waals surface area contributed by atoms with Gasteiger partial charge in [-0.3, -0.25) is 0 Å². The molecule has 0 atom stereocenters. The fraction of sp³-hybridized carbons (Fsp3) is 0.357. The highest BCUT2D eigenvalue weighted by Gasteiger charge is 2.14. The smallest absolute Gasteiger partial charge is 0.201 e. The van der Waals surface area contributed by atoms with Crippen molar-refractivity contribution in [1.82, 2.24) is 24.3 Å². The lowest BCUT2D eigenvalue weighted by Crippen LogP contribution is -2.10. The fourth-order valence-electron chi connectivity index (χ4n) is 2.38. The average Bonchev–Trinajstić information content (AvgIpc) is 3.06. The van der Waals surface area contributed by atoms with Gasteiger partial charge in [-0.2, -0.15) is 0 Å². The molecule has 0 amide bonds. The van der Waals surface area contributed by atoms with E-state index in [1.54, 1.807) is 6.33 Å². The minimum absolute atomic E-state index is 0.447. The maximum atomic E-state index is 6.07. The number of anilines is 1. The molecule has 0 unspecified atom stereocenters. The summed E-state index contributed by atoms with van der Waals surface area (Å²) in [4.78, 5) is 4.43. The topological polar surface area (TPSA) is 83.8 Å². The van der Waals surface area contributed by atoms with E-state index in [9.17, 15) is 0 Å². The van der Waals surface area contributed by atoms with E-state index in [1.807, 2.05) is 34.3 Å². The number of nitrogens with zero attached hydrogens (tertiary/aromatic N) is 5. The van der Waals surface area contributed by atoms with Gasteiger partial charge in [0.1, 0.15) is 17.6 Å². The third-order valence-corrected chi connectivity index (χ3v) is 3.41. The molecule has 7 nitrogen and oxygen atoms in total. The summed E-state index contributed by atoms with van der Waals surface area (Å²) in [6.45, 7) is 5.94. The van der Waals surface area contributed by atoms with Gasteiger partial charge in [0, 0.05) is 6.54 Å². The van der Waals surface area contributed by atoms with Gasteiger partial charge in [-0.05, 0) is 26.0 Å². The molecule has 1 aromatic carbocycles. The van der Waals surface area contributed by atoms with E-state index in [4.69, 9.17) is 10.5 Å². The van der Waals surface area contributed by atoms with E-state index in [0.717, 1.165) is 29.2 Å². The van der Waals surface area contributed by atoms with Gasteiger partial charge >= 0.3 is 0 Å². The van der Waals surface area contributed by atoms with Crippen molar-refractivity contribution in [2.75, 3.05) is 12.3 Å². The molecule has 21 heavy (non-hydrogen) atoms. The molecule has 3 rings (SSSR count). The molecule has 2 heterocycles. The third kappa shape index (κ3) is 2.31. The van der Waals surface area contributed by atoms with Crippen LogP contribution in [0.2, 0.25) is 0 Å². The lowest BCUT2D eigenvalue weighted by molar-refractivity contribution is 0.343. The molecule has 110 valence electrons. The zero-order valence-electron chi connectivity index (χ0n) is 12.2. The van der Waals surface area contributed by atoms with Crippen LogP contribution in [-0.2, 0) is 13.1 Å². The molecule has 0 spiro atoms. The van der Waals surface area contributed by atoms with E-state index in [2.05, 4.69) is 22.1 Å². The van der Waals surface area contributed by atoms with E-state index >= 15 is 0 Å². The largest absolute Gasteiger partial charge is 0.492 e. The van der Waals surface area contributed by atoms with Crippen LogP contribution in [0.1, 0.15) is 19.7 Å². The molecule has 0 aliphatic heterocycles. The van der Waals surface area contributed by atoms with E-state index in [-0.39, 0.29) is 0 Å². The monoisotopic (exact) mass is 286 g/mol. The highest BCUT2D eigenvalue weighted by molar-refractivity contribution is 5.84. The second-order valence-corrected chi connectivity index (χ2v) is 4.65. The maximum absolute atomic E-state index is 6.07. The zero-order chi connectivity index (χ0) is 14.8. The van der Waals surface area contributed by atoms with Gasteiger partial charge in [0.15, 0.2) is 5.82 Å². The predicted molar refractivity (Wildman–Crippen MR) is 80.1 cm³/mol. The number of aromatic nitrogens is 5. The highest BCUT2D eigenvalue weighted by atomic mass is 16.5. The summed E-state index contributed by atoms with van der Waals surface area (Å²) in [5.41, 5.74) is 7.78. The van der Waals surface area contributed by atoms with Gasteiger partial charge in [0.05, 0.1) is 18.7 Å². The number of nitrogens with two attached hydrogens (primary N) is 1. The first-order valence-electron chi connectivity index (χ1n) is 6.98. The van der Waals surface area contributed by atoms with E-state index < -0.39 is 0 Å². The van der Waals surface area contributed by atoms with Crippen LogP contribution in [0.3, 0.4) is 0 Å². The number of hydrogen-bond acceptors (Lipinski definition) is 5. The van der Waals surface area contributed by atoms with Crippen LogP contribution in [0.4, 0.5) is 5.95 Å². The minimum atomic E-state index is 0.447. The summed E-state index contributed by atoms with van der Waals surface area (Å²) >= 11 is 0. The fourth-order valence-corrected chi connectivity index (χ4v) is 2.38. The van der Waals surface area contributed by atoms with Crippen molar-refractivity contribution >= 4 is 17.0 Å². The second kappa shape index (κ2) is 5.43. The first-order valence-corrected chi connectivity index (χ1v) is 6.98. The van der Waals surface area contributed by atoms with E-state index in [0.29, 0.717) is 19.1 Å². The Kier molecular flexibility index (Phi) is 3.47. The summed E-state index contributed by atoms with van der Waals surface area (Å²) in [5.74, 6) is 2.05. The molecule has 2 aromatic heterocycles. The number of aryl methyl sites for hydroxylation is 1. The van der Waals surface area contributed by atoms with E-state index in [1.165, 1.54) is 0 Å². The molecule has 0 aliphatic carbocycles. The highest BCUT2D eigenvalue weighted by Crippen LogP contribution is 2.27. The second-order valence-electron chi connectivity index (χ2n) is 4.65. The Labute approximate surface area is 122 Å². The van der Waals surface area contributed by atoms with Crippen molar-refractivity contribution in [1.29, 1.82) is 0 Å². The van der Waals surface area contributed by atoms with Gasteiger partial charge in [-0.15, -0.1) is 10.2 Å². The Morgan fingerprint density at radius 1 is 1.29 bits per heavy atom. The molecular formula is C14H18N6O. The molecule has 0 bridgehead atoms. The minimum Gasteiger partial charge on any atom is -0.492 e. The van der Waals surface area contributed by atoms with Gasteiger partial charge < -0.3 is 19.6 Å². The van der Waals surface area contributed by atoms with Crippen LogP contribution in [0.15, 0.2) is 24.5 Å². The van der Waals surface area contributed by atoms with Crippen LogP contribution >= 0.6 is 0 Å². The Bertz CT molecular complexity index is 760. The molecule has 0 saturated carbocycles. The Morgan fingerprint density at radius 2 is 2.14 bits per heavy atom. The third-order valence-electron chi connectivity index (χ3n) is 3.41. The Hall–Kier alpha value is -2.57. The van der Waals surface area contributed by atoms with Gasteiger partial charge in [0.2, 0.25) is 5.95 Å². The lowest BCUT2D eigenvalue weighted by Gasteiger charge is -2.08.